The normalized spacial score (nSPS) is 18.0. The molecule has 1 amide bonds. The first kappa shape index (κ1) is 29.1. The van der Waals surface area contributed by atoms with Gasteiger partial charge < -0.3 is 5.32 Å². The van der Waals surface area contributed by atoms with Gasteiger partial charge in [-0.3, -0.25) is 24.0 Å². The van der Waals surface area contributed by atoms with Crippen LogP contribution in [0.5, 0.6) is 0 Å². The monoisotopic (exact) mass is 588 g/mol. The van der Waals surface area contributed by atoms with E-state index in [1.165, 1.54) is 5.56 Å². The number of carbonyl (C=O) groups excluding carboxylic acids is 2. The summed E-state index contributed by atoms with van der Waals surface area (Å²) in [5, 5.41) is 4.12. The van der Waals surface area contributed by atoms with Gasteiger partial charge in [0.15, 0.2) is 0 Å². The zero-order valence-corrected chi connectivity index (χ0v) is 24.2. The second kappa shape index (κ2) is 12.0. The highest BCUT2D eigenvalue weighted by Gasteiger charge is 2.31. The van der Waals surface area contributed by atoms with Crippen LogP contribution in [-0.2, 0) is 32.0 Å². The first-order valence-corrected chi connectivity index (χ1v) is 14.9. The standard InChI is InChI=1S/C34H35F3N4O2/c1-22(42)41-31-10-6-24(17-23-4-8-27(9-5-23)34(35,36)37)18-29(31)30-19-26(7-11-32(30)41)33(43)39-28-12-15-40(16-13-28)21-25-3-2-14-38-20-25/h2-5,7-9,11,14,19-20,24,28H,6,10,12-13,15-18,21H2,1H3,(H,39,43). The number of carbonyl (C=O) groups is 2. The fraction of sp³-hybridized carbons (Fsp3) is 0.382. The number of likely N-dealkylation sites (tertiary alicyclic amines) is 1. The molecule has 1 aliphatic heterocycles. The third-order valence-electron chi connectivity index (χ3n) is 8.90. The Labute approximate surface area is 248 Å². The minimum absolute atomic E-state index is 0.0670. The van der Waals surface area contributed by atoms with Gasteiger partial charge in [-0.25, -0.2) is 0 Å². The molecule has 6 nitrogen and oxygen atoms in total. The third-order valence-corrected chi connectivity index (χ3v) is 8.90. The molecule has 0 bridgehead atoms. The van der Waals surface area contributed by atoms with Gasteiger partial charge >= 0.3 is 6.18 Å². The lowest BCUT2D eigenvalue weighted by atomic mass is 9.82. The minimum Gasteiger partial charge on any atom is -0.349 e. The molecule has 1 atom stereocenters. The molecular formula is C34H35F3N4O2. The number of aromatic nitrogens is 2. The van der Waals surface area contributed by atoms with Crippen LogP contribution in [0.25, 0.3) is 10.9 Å². The summed E-state index contributed by atoms with van der Waals surface area (Å²) in [4.78, 5) is 32.6. The maximum Gasteiger partial charge on any atom is 0.416 e. The van der Waals surface area contributed by atoms with Crippen molar-refractivity contribution in [3.05, 3.63) is 101 Å². The van der Waals surface area contributed by atoms with Crippen molar-refractivity contribution >= 4 is 22.7 Å². The van der Waals surface area contributed by atoms with Crippen LogP contribution in [0, 0.1) is 5.92 Å². The number of nitrogens with zero attached hydrogens (tertiary/aromatic N) is 3. The predicted octanol–water partition coefficient (Wildman–Crippen LogP) is 6.46. The highest BCUT2D eigenvalue weighted by atomic mass is 19.4. The lowest BCUT2D eigenvalue weighted by Crippen LogP contribution is -2.44. The Kier molecular flexibility index (Phi) is 8.09. The molecule has 4 aromatic rings. The van der Waals surface area contributed by atoms with Gasteiger partial charge in [0.2, 0.25) is 5.91 Å². The Bertz CT molecular complexity index is 1620. The number of amides is 1. The summed E-state index contributed by atoms with van der Waals surface area (Å²) in [6.07, 6.45) is 3.95. The Morgan fingerprint density at radius 2 is 1.77 bits per heavy atom. The number of hydrogen-bond donors (Lipinski definition) is 1. The molecular weight excluding hydrogens is 553 g/mol. The van der Waals surface area contributed by atoms with E-state index in [9.17, 15) is 22.8 Å². The third kappa shape index (κ3) is 6.37. The summed E-state index contributed by atoms with van der Waals surface area (Å²) in [5.41, 5.74) is 4.81. The zero-order chi connectivity index (χ0) is 30.1. The smallest absolute Gasteiger partial charge is 0.349 e. The number of alkyl halides is 3. The maximum absolute atomic E-state index is 13.4. The predicted molar refractivity (Wildman–Crippen MR) is 159 cm³/mol. The van der Waals surface area contributed by atoms with E-state index in [2.05, 4.69) is 21.3 Å². The lowest BCUT2D eigenvalue weighted by molar-refractivity contribution is -0.137. The summed E-state index contributed by atoms with van der Waals surface area (Å²) in [6, 6.07) is 15.1. The fourth-order valence-electron chi connectivity index (χ4n) is 6.72. The molecule has 2 aromatic heterocycles. The van der Waals surface area contributed by atoms with E-state index >= 15 is 0 Å². The highest BCUT2D eigenvalue weighted by molar-refractivity contribution is 6.02. The number of fused-ring (bicyclic) bond motifs is 3. The summed E-state index contributed by atoms with van der Waals surface area (Å²) in [6.45, 7) is 4.20. The maximum atomic E-state index is 13.4. The Morgan fingerprint density at radius 1 is 1.00 bits per heavy atom. The summed E-state index contributed by atoms with van der Waals surface area (Å²) < 4.78 is 40.8. The van der Waals surface area contributed by atoms with Crippen LogP contribution in [0.3, 0.4) is 0 Å². The van der Waals surface area contributed by atoms with Crippen molar-refractivity contribution in [1.29, 1.82) is 0 Å². The largest absolute Gasteiger partial charge is 0.416 e. The molecule has 1 fully saturated rings. The van der Waals surface area contributed by atoms with Crippen LogP contribution in [0.4, 0.5) is 13.2 Å². The number of pyridine rings is 1. The van der Waals surface area contributed by atoms with Crippen molar-refractivity contribution in [1.82, 2.24) is 19.8 Å². The van der Waals surface area contributed by atoms with Crippen LogP contribution in [0.15, 0.2) is 67.0 Å². The Hall–Kier alpha value is -3.98. The molecule has 1 N–H and O–H groups in total. The second-order valence-corrected chi connectivity index (χ2v) is 11.9. The summed E-state index contributed by atoms with van der Waals surface area (Å²) in [5.74, 6) is 0.0429. The van der Waals surface area contributed by atoms with Gasteiger partial charge in [0, 0.05) is 61.6 Å². The van der Waals surface area contributed by atoms with E-state index < -0.39 is 11.7 Å². The molecule has 9 heteroatoms. The molecule has 6 rings (SSSR count). The van der Waals surface area contributed by atoms with Crippen LogP contribution in [-0.4, -0.2) is 45.4 Å². The molecule has 0 saturated carbocycles. The van der Waals surface area contributed by atoms with Crippen LogP contribution >= 0.6 is 0 Å². The average Bonchev–Trinajstić information content (AvgIpc) is 3.32. The SMILES string of the molecule is CC(=O)n1c2c(c3cc(C(=O)NC4CCN(Cc5cccnc5)CC4)ccc31)CC(Cc1ccc(C(F)(F)F)cc1)CC2. The Morgan fingerprint density at radius 3 is 2.44 bits per heavy atom. The van der Waals surface area contributed by atoms with Crippen molar-refractivity contribution in [3.63, 3.8) is 0 Å². The van der Waals surface area contributed by atoms with E-state index in [1.807, 2.05) is 24.4 Å². The first-order valence-electron chi connectivity index (χ1n) is 14.9. The van der Waals surface area contributed by atoms with E-state index in [1.54, 1.807) is 35.9 Å². The van der Waals surface area contributed by atoms with Gasteiger partial charge in [-0.05, 0) is 97.5 Å². The van der Waals surface area contributed by atoms with Crippen molar-refractivity contribution in [2.45, 2.75) is 64.2 Å². The number of nitrogens with one attached hydrogen (secondary N) is 1. The Balaban J connectivity index is 1.16. The number of rotatable bonds is 6. The average molecular weight is 589 g/mol. The van der Waals surface area contributed by atoms with Gasteiger partial charge in [-0.15, -0.1) is 0 Å². The van der Waals surface area contributed by atoms with Gasteiger partial charge in [0.25, 0.3) is 5.91 Å². The number of benzene rings is 2. The van der Waals surface area contributed by atoms with Crippen molar-refractivity contribution in [2.75, 3.05) is 13.1 Å². The van der Waals surface area contributed by atoms with Gasteiger partial charge in [0.05, 0.1) is 11.1 Å². The lowest BCUT2D eigenvalue weighted by Gasteiger charge is -2.32. The molecule has 1 unspecified atom stereocenters. The van der Waals surface area contributed by atoms with Gasteiger partial charge in [0.1, 0.15) is 0 Å². The highest BCUT2D eigenvalue weighted by Crippen LogP contribution is 2.37. The van der Waals surface area contributed by atoms with Gasteiger partial charge in [-0.2, -0.15) is 13.2 Å². The van der Waals surface area contributed by atoms with Gasteiger partial charge in [-0.1, -0.05) is 18.2 Å². The zero-order valence-electron chi connectivity index (χ0n) is 24.2. The molecule has 1 aliphatic carbocycles. The number of halogens is 3. The molecule has 0 radical (unpaired) electrons. The molecule has 0 spiro atoms. The van der Waals surface area contributed by atoms with E-state index in [0.717, 1.165) is 78.8 Å². The molecule has 2 aliphatic rings. The quantitative estimate of drug-likeness (QED) is 0.281. The van der Waals surface area contributed by atoms with Crippen LogP contribution < -0.4 is 5.32 Å². The number of hydrogen-bond acceptors (Lipinski definition) is 4. The minimum atomic E-state index is -4.35. The summed E-state index contributed by atoms with van der Waals surface area (Å²) in [7, 11) is 0. The van der Waals surface area contributed by atoms with Crippen LogP contribution in [0.2, 0.25) is 0 Å². The van der Waals surface area contributed by atoms with Crippen molar-refractivity contribution < 1.29 is 22.8 Å². The molecule has 1 saturated heterocycles. The molecule has 2 aromatic carbocycles. The molecule has 43 heavy (non-hydrogen) atoms. The summed E-state index contributed by atoms with van der Waals surface area (Å²) >= 11 is 0. The fourth-order valence-corrected chi connectivity index (χ4v) is 6.72. The second-order valence-electron chi connectivity index (χ2n) is 11.9. The first-order chi connectivity index (χ1) is 20.7. The van der Waals surface area contributed by atoms with Crippen LogP contribution in [0.1, 0.15) is 69.3 Å². The molecule has 224 valence electrons. The van der Waals surface area contributed by atoms with E-state index in [4.69, 9.17) is 0 Å². The molecule has 3 heterocycles. The van der Waals surface area contributed by atoms with E-state index in [-0.39, 0.29) is 23.8 Å². The number of piperidine rings is 1. The van der Waals surface area contributed by atoms with Crippen molar-refractivity contribution in [2.24, 2.45) is 5.92 Å². The van der Waals surface area contributed by atoms with E-state index in [0.29, 0.717) is 24.8 Å². The van der Waals surface area contributed by atoms with Crippen molar-refractivity contribution in [3.8, 4) is 0 Å². The topological polar surface area (TPSA) is 67.2 Å².